The fourth-order valence-electron chi connectivity index (χ4n) is 4.15. The summed E-state index contributed by atoms with van der Waals surface area (Å²) < 4.78 is 25.2. The Hall–Kier alpha value is -4.41. The smallest absolute Gasteiger partial charge is 0.409 e. The number of rotatable bonds is 8. The molecule has 2 heterocycles. The zero-order chi connectivity index (χ0) is 27.9. The van der Waals surface area contributed by atoms with Crippen molar-refractivity contribution in [2.75, 3.05) is 38.1 Å². The van der Waals surface area contributed by atoms with E-state index >= 15 is 0 Å². The van der Waals surface area contributed by atoms with E-state index in [2.05, 4.69) is 10.4 Å². The predicted molar refractivity (Wildman–Crippen MR) is 142 cm³/mol. The molecule has 1 fully saturated rings. The lowest BCUT2D eigenvalue weighted by molar-refractivity contribution is -0.136. The Bertz CT molecular complexity index is 1300. The van der Waals surface area contributed by atoms with E-state index < -0.39 is 6.04 Å². The quantitative estimate of drug-likeness (QED) is 0.465. The van der Waals surface area contributed by atoms with Crippen molar-refractivity contribution in [3.8, 4) is 5.75 Å². The topological polar surface area (TPSA) is 106 Å². The first kappa shape index (κ1) is 27.6. The SMILES string of the molecule is CCOC(=O)N1CCN(C(=O)C(C)n2cc(NC(=O)c3ccc(COc4ccc(F)cc4)cc3)c(C)n2)CC1. The van der Waals surface area contributed by atoms with Gasteiger partial charge in [-0.05, 0) is 62.7 Å². The van der Waals surface area contributed by atoms with Crippen molar-refractivity contribution in [1.29, 1.82) is 0 Å². The van der Waals surface area contributed by atoms with Crippen molar-refractivity contribution < 1.29 is 28.2 Å². The molecule has 0 saturated carbocycles. The number of anilines is 1. The van der Waals surface area contributed by atoms with Crippen LogP contribution in [0.3, 0.4) is 0 Å². The van der Waals surface area contributed by atoms with Gasteiger partial charge in [0.2, 0.25) is 5.91 Å². The number of piperazine rings is 1. The maximum Gasteiger partial charge on any atom is 0.409 e. The first-order chi connectivity index (χ1) is 18.7. The van der Waals surface area contributed by atoms with Crippen molar-refractivity contribution in [1.82, 2.24) is 19.6 Å². The summed E-state index contributed by atoms with van der Waals surface area (Å²) in [5.41, 5.74) is 2.40. The normalized spacial score (nSPS) is 14.1. The maximum absolute atomic E-state index is 13.1. The fourth-order valence-corrected chi connectivity index (χ4v) is 4.15. The monoisotopic (exact) mass is 537 g/mol. The number of amides is 3. The first-order valence-corrected chi connectivity index (χ1v) is 12.8. The Morgan fingerprint density at radius 3 is 2.28 bits per heavy atom. The molecule has 4 rings (SSSR count). The van der Waals surface area contributed by atoms with E-state index in [9.17, 15) is 18.8 Å². The number of nitrogens with one attached hydrogen (secondary N) is 1. The van der Waals surface area contributed by atoms with Crippen LogP contribution in [0.4, 0.5) is 14.9 Å². The number of carbonyl (C=O) groups excluding carboxylic acids is 3. The van der Waals surface area contributed by atoms with Crippen LogP contribution >= 0.6 is 0 Å². The lowest BCUT2D eigenvalue weighted by Crippen LogP contribution is -2.52. The van der Waals surface area contributed by atoms with Crippen LogP contribution in [0, 0.1) is 12.7 Å². The average Bonchev–Trinajstić information content (AvgIpc) is 3.32. The molecule has 2 aromatic carbocycles. The second kappa shape index (κ2) is 12.4. The number of aryl methyl sites for hydroxylation is 1. The van der Waals surface area contributed by atoms with Crippen LogP contribution in [0.1, 0.15) is 41.5 Å². The molecular weight excluding hydrogens is 505 g/mol. The highest BCUT2D eigenvalue weighted by Gasteiger charge is 2.29. The van der Waals surface area contributed by atoms with E-state index in [1.54, 1.807) is 77.8 Å². The molecule has 0 aliphatic carbocycles. The third kappa shape index (κ3) is 6.92. The maximum atomic E-state index is 13.1. The largest absolute Gasteiger partial charge is 0.489 e. The molecule has 1 N–H and O–H groups in total. The van der Waals surface area contributed by atoms with Crippen molar-refractivity contribution in [2.24, 2.45) is 0 Å². The van der Waals surface area contributed by atoms with Crippen molar-refractivity contribution >= 4 is 23.6 Å². The molecule has 0 radical (unpaired) electrons. The van der Waals surface area contributed by atoms with Gasteiger partial charge in [0.1, 0.15) is 24.2 Å². The molecule has 1 aromatic heterocycles. The van der Waals surface area contributed by atoms with Gasteiger partial charge in [0.05, 0.1) is 18.0 Å². The van der Waals surface area contributed by atoms with Crippen molar-refractivity contribution in [3.63, 3.8) is 0 Å². The average molecular weight is 538 g/mol. The van der Waals surface area contributed by atoms with Gasteiger partial charge in [-0.2, -0.15) is 5.10 Å². The molecule has 206 valence electrons. The van der Waals surface area contributed by atoms with Crippen LogP contribution in [0.2, 0.25) is 0 Å². The lowest BCUT2D eigenvalue weighted by Gasteiger charge is -2.35. The summed E-state index contributed by atoms with van der Waals surface area (Å²) in [6.07, 6.45) is 1.28. The van der Waals surface area contributed by atoms with E-state index in [0.29, 0.717) is 55.5 Å². The molecule has 11 heteroatoms. The molecule has 1 saturated heterocycles. The minimum Gasteiger partial charge on any atom is -0.489 e. The number of halogens is 1. The Kier molecular flexibility index (Phi) is 8.80. The van der Waals surface area contributed by atoms with Crippen molar-refractivity contribution in [3.05, 3.63) is 77.4 Å². The van der Waals surface area contributed by atoms with Gasteiger partial charge < -0.3 is 24.6 Å². The van der Waals surface area contributed by atoms with Crippen LogP contribution in [0.25, 0.3) is 0 Å². The van der Waals surface area contributed by atoms with Crippen LogP contribution in [0.15, 0.2) is 54.7 Å². The second-order valence-corrected chi connectivity index (χ2v) is 9.19. The summed E-state index contributed by atoms with van der Waals surface area (Å²) in [5, 5.41) is 7.30. The summed E-state index contributed by atoms with van der Waals surface area (Å²) in [5.74, 6) is -0.196. The van der Waals surface area contributed by atoms with Crippen molar-refractivity contribution in [2.45, 2.75) is 33.4 Å². The summed E-state index contributed by atoms with van der Waals surface area (Å²) >= 11 is 0. The van der Waals surface area contributed by atoms with E-state index in [0.717, 1.165) is 5.56 Å². The molecule has 0 bridgehead atoms. The number of nitrogens with zero attached hydrogens (tertiary/aromatic N) is 4. The molecule has 0 spiro atoms. The molecule has 3 aromatic rings. The number of ether oxygens (including phenoxy) is 2. The second-order valence-electron chi connectivity index (χ2n) is 9.19. The standard InChI is InChI=1S/C28H32FN5O5/c1-4-38-28(37)33-15-13-32(14-16-33)27(36)20(3)34-17-25(19(2)31-34)30-26(35)22-7-5-21(6-8-22)18-39-24-11-9-23(29)10-12-24/h5-12,17,20H,4,13-16,18H2,1-3H3,(H,30,35). The van der Waals surface area contributed by atoms with Crippen LogP contribution in [-0.2, 0) is 16.1 Å². The molecule has 3 amide bonds. The first-order valence-electron chi connectivity index (χ1n) is 12.8. The summed E-state index contributed by atoms with van der Waals surface area (Å²) in [4.78, 5) is 41.1. The van der Waals surface area contributed by atoms with E-state index in [1.165, 1.54) is 12.1 Å². The molecule has 1 unspecified atom stereocenters. The zero-order valence-corrected chi connectivity index (χ0v) is 22.2. The number of hydrogen-bond donors (Lipinski definition) is 1. The van der Waals surface area contributed by atoms with Gasteiger partial charge in [0, 0.05) is 37.9 Å². The summed E-state index contributed by atoms with van der Waals surface area (Å²) in [6.45, 7) is 7.51. The summed E-state index contributed by atoms with van der Waals surface area (Å²) in [6, 6.07) is 12.2. The van der Waals surface area contributed by atoms with E-state index in [-0.39, 0.29) is 30.3 Å². The highest BCUT2D eigenvalue weighted by molar-refractivity contribution is 6.04. The number of benzene rings is 2. The molecule has 39 heavy (non-hydrogen) atoms. The van der Waals surface area contributed by atoms with Crippen LogP contribution in [0.5, 0.6) is 5.75 Å². The predicted octanol–water partition coefficient (Wildman–Crippen LogP) is 4.02. The number of aromatic nitrogens is 2. The third-order valence-corrected chi connectivity index (χ3v) is 6.47. The Morgan fingerprint density at radius 1 is 1.00 bits per heavy atom. The van der Waals surface area contributed by atoms with Gasteiger partial charge >= 0.3 is 6.09 Å². The van der Waals surface area contributed by atoms with Gasteiger partial charge in [-0.3, -0.25) is 14.3 Å². The van der Waals surface area contributed by atoms with Gasteiger partial charge in [-0.15, -0.1) is 0 Å². The molecule has 10 nitrogen and oxygen atoms in total. The third-order valence-electron chi connectivity index (χ3n) is 6.47. The highest BCUT2D eigenvalue weighted by atomic mass is 19.1. The number of carbonyl (C=O) groups is 3. The number of hydrogen-bond acceptors (Lipinski definition) is 6. The minimum absolute atomic E-state index is 0.114. The molecule has 1 atom stereocenters. The highest BCUT2D eigenvalue weighted by Crippen LogP contribution is 2.20. The van der Waals surface area contributed by atoms with Gasteiger partial charge in [0.15, 0.2) is 0 Å². The van der Waals surface area contributed by atoms with Gasteiger partial charge in [-0.1, -0.05) is 12.1 Å². The molecule has 1 aliphatic heterocycles. The zero-order valence-electron chi connectivity index (χ0n) is 22.2. The molecule has 1 aliphatic rings. The Balaban J connectivity index is 1.31. The molecular formula is C28H32FN5O5. The Morgan fingerprint density at radius 2 is 1.64 bits per heavy atom. The van der Waals surface area contributed by atoms with Gasteiger partial charge in [0.25, 0.3) is 5.91 Å². The lowest BCUT2D eigenvalue weighted by atomic mass is 10.1. The van der Waals surface area contributed by atoms with Gasteiger partial charge in [-0.25, -0.2) is 9.18 Å². The Labute approximate surface area is 226 Å². The van der Waals surface area contributed by atoms with Crippen LogP contribution in [-0.4, -0.2) is 70.3 Å². The van der Waals surface area contributed by atoms with E-state index in [1.807, 2.05) is 0 Å². The fraction of sp³-hybridized carbons (Fsp3) is 0.357. The minimum atomic E-state index is -0.580. The summed E-state index contributed by atoms with van der Waals surface area (Å²) in [7, 11) is 0. The van der Waals surface area contributed by atoms with E-state index in [4.69, 9.17) is 9.47 Å². The van der Waals surface area contributed by atoms with Crippen LogP contribution < -0.4 is 10.1 Å².